The Morgan fingerprint density at radius 2 is 1.60 bits per heavy atom. The van der Waals surface area contributed by atoms with Crippen LogP contribution < -0.4 is 15.0 Å². The van der Waals surface area contributed by atoms with E-state index in [0.29, 0.717) is 44.2 Å². The van der Waals surface area contributed by atoms with Gasteiger partial charge in [0, 0.05) is 70.0 Å². The first-order chi connectivity index (χ1) is 21.7. The molecule has 3 atom stereocenters. The van der Waals surface area contributed by atoms with Crippen molar-refractivity contribution in [3.63, 3.8) is 0 Å². The van der Waals surface area contributed by atoms with Crippen LogP contribution in [0.2, 0.25) is 0 Å². The number of nitrogens with zero attached hydrogens (tertiary/aromatic N) is 4. The first-order valence-electron chi connectivity index (χ1n) is 16.5. The number of fused-ring (bicyclic) bond motifs is 3. The SMILES string of the molecule is CC(C)(C)OC(=O)N1CCN(CCNC(=O)c2ccccc2[C@@H]2C[C@H]3CC[C@@H](C2)N3CCN2C(=O)COc3ccccc32)CC1. The molecule has 0 saturated carbocycles. The molecule has 2 aromatic carbocycles. The van der Waals surface area contributed by atoms with Gasteiger partial charge >= 0.3 is 6.09 Å². The molecule has 0 radical (unpaired) electrons. The third-order valence-electron chi connectivity index (χ3n) is 9.66. The third kappa shape index (κ3) is 7.28. The van der Waals surface area contributed by atoms with Crippen LogP contribution in [-0.2, 0) is 9.53 Å². The van der Waals surface area contributed by atoms with E-state index in [1.807, 2.05) is 68.1 Å². The van der Waals surface area contributed by atoms with Crippen molar-refractivity contribution in [3.8, 4) is 5.75 Å². The van der Waals surface area contributed by atoms with E-state index in [1.165, 1.54) is 0 Å². The van der Waals surface area contributed by atoms with Crippen molar-refractivity contribution in [2.45, 2.75) is 70.1 Å². The minimum absolute atomic E-state index is 0.0129. The summed E-state index contributed by atoms with van der Waals surface area (Å²) in [5, 5.41) is 3.16. The van der Waals surface area contributed by atoms with Gasteiger partial charge in [0.25, 0.3) is 11.8 Å². The lowest BCUT2D eigenvalue weighted by Crippen LogP contribution is -2.51. The molecule has 242 valence electrons. The summed E-state index contributed by atoms with van der Waals surface area (Å²) in [6, 6.07) is 16.8. The number of rotatable bonds is 8. The van der Waals surface area contributed by atoms with Gasteiger partial charge in [0.15, 0.2) is 6.61 Å². The predicted octanol–water partition coefficient (Wildman–Crippen LogP) is 4.11. The van der Waals surface area contributed by atoms with Gasteiger partial charge in [-0.3, -0.25) is 19.4 Å². The Bertz CT molecular complexity index is 1370. The zero-order valence-corrected chi connectivity index (χ0v) is 26.9. The Balaban J connectivity index is 0.998. The quantitative estimate of drug-likeness (QED) is 0.477. The number of carbonyl (C=O) groups excluding carboxylic acids is 3. The van der Waals surface area contributed by atoms with E-state index in [1.54, 1.807) is 4.90 Å². The second-order valence-corrected chi connectivity index (χ2v) is 13.7. The normalized spacial score (nSPS) is 23.8. The monoisotopic (exact) mass is 617 g/mol. The summed E-state index contributed by atoms with van der Waals surface area (Å²) in [6.07, 6.45) is 4.10. The highest BCUT2D eigenvalue weighted by Crippen LogP contribution is 2.44. The molecule has 6 rings (SSSR count). The fourth-order valence-electron chi connectivity index (χ4n) is 7.47. The standard InChI is InChI=1S/C35H47N5O5/c1-35(2,3)45-34(43)38-18-16-37(17-19-38)15-14-36-33(42)29-9-5-4-8-28(29)25-22-26-12-13-27(23-25)39(26)20-21-40-30-10-6-7-11-31(30)44-24-32(40)41/h4-11,25-27H,12-24H2,1-3H3,(H,36,42)/t25-,26-,27+. The van der Waals surface area contributed by atoms with Crippen molar-refractivity contribution in [2.24, 2.45) is 0 Å². The molecule has 0 aliphatic carbocycles. The lowest BCUT2D eigenvalue weighted by Gasteiger charge is -2.41. The van der Waals surface area contributed by atoms with Crippen molar-refractivity contribution in [1.29, 1.82) is 0 Å². The Morgan fingerprint density at radius 3 is 2.33 bits per heavy atom. The van der Waals surface area contributed by atoms with Crippen molar-refractivity contribution in [1.82, 2.24) is 20.0 Å². The van der Waals surface area contributed by atoms with E-state index in [2.05, 4.69) is 21.2 Å². The molecule has 1 N–H and O–H groups in total. The lowest BCUT2D eigenvalue weighted by atomic mass is 9.82. The summed E-state index contributed by atoms with van der Waals surface area (Å²) in [5.74, 6) is 1.11. The Morgan fingerprint density at radius 1 is 0.911 bits per heavy atom. The summed E-state index contributed by atoms with van der Waals surface area (Å²) in [7, 11) is 0. The molecule has 10 nitrogen and oxygen atoms in total. The fourth-order valence-corrected chi connectivity index (χ4v) is 7.47. The highest BCUT2D eigenvalue weighted by Gasteiger charge is 2.42. The molecule has 10 heteroatoms. The van der Waals surface area contributed by atoms with Gasteiger partial charge in [-0.25, -0.2) is 4.79 Å². The van der Waals surface area contributed by atoms with E-state index < -0.39 is 5.60 Å². The predicted molar refractivity (Wildman–Crippen MR) is 173 cm³/mol. The van der Waals surface area contributed by atoms with Gasteiger partial charge in [-0.2, -0.15) is 0 Å². The van der Waals surface area contributed by atoms with E-state index in [0.717, 1.165) is 74.4 Å². The number of para-hydroxylation sites is 2. The average molecular weight is 618 g/mol. The zero-order valence-electron chi connectivity index (χ0n) is 26.9. The molecule has 2 aromatic rings. The average Bonchev–Trinajstić information content (AvgIpc) is 3.25. The molecule has 0 aromatic heterocycles. The maximum Gasteiger partial charge on any atom is 0.410 e. The molecule has 4 aliphatic rings. The minimum Gasteiger partial charge on any atom is -0.482 e. The number of ether oxygens (including phenoxy) is 2. The summed E-state index contributed by atoms with van der Waals surface area (Å²) in [5.41, 5.74) is 2.29. The van der Waals surface area contributed by atoms with Crippen molar-refractivity contribution < 1.29 is 23.9 Å². The van der Waals surface area contributed by atoms with E-state index in [9.17, 15) is 14.4 Å². The van der Waals surface area contributed by atoms with Crippen LogP contribution in [0.1, 0.15) is 68.3 Å². The summed E-state index contributed by atoms with van der Waals surface area (Å²) >= 11 is 0. The highest BCUT2D eigenvalue weighted by atomic mass is 16.6. The second kappa shape index (κ2) is 13.4. The molecule has 4 heterocycles. The smallest absolute Gasteiger partial charge is 0.410 e. The molecule has 3 fully saturated rings. The van der Waals surface area contributed by atoms with Crippen LogP contribution in [0, 0.1) is 0 Å². The highest BCUT2D eigenvalue weighted by molar-refractivity contribution is 5.98. The number of anilines is 1. The molecule has 0 unspecified atom stereocenters. The van der Waals surface area contributed by atoms with Gasteiger partial charge < -0.3 is 24.6 Å². The minimum atomic E-state index is -0.496. The van der Waals surface area contributed by atoms with Gasteiger partial charge in [0.2, 0.25) is 0 Å². The van der Waals surface area contributed by atoms with E-state index >= 15 is 0 Å². The van der Waals surface area contributed by atoms with Crippen LogP contribution >= 0.6 is 0 Å². The molecule has 0 spiro atoms. The second-order valence-electron chi connectivity index (χ2n) is 13.7. The zero-order chi connectivity index (χ0) is 31.6. The van der Waals surface area contributed by atoms with Crippen LogP contribution in [0.3, 0.4) is 0 Å². The Labute approximate surface area is 266 Å². The van der Waals surface area contributed by atoms with E-state index in [-0.39, 0.29) is 24.5 Å². The van der Waals surface area contributed by atoms with E-state index in [4.69, 9.17) is 9.47 Å². The molecular formula is C35H47N5O5. The Kier molecular flexibility index (Phi) is 9.33. The first-order valence-corrected chi connectivity index (χ1v) is 16.5. The number of benzene rings is 2. The number of piperazine rings is 1. The van der Waals surface area contributed by atoms with Crippen molar-refractivity contribution in [3.05, 3.63) is 59.7 Å². The summed E-state index contributed by atoms with van der Waals surface area (Å²) < 4.78 is 11.1. The van der Waals surface area contributed by atoms with Crippen LogP contribution in [0.15, 0.2) is 48.5 Å². The first kappa shape index (κ1) is 31.4. The van der Waals surface area contributed by atoms with Crippen LogP contribution in [0.5, 0.6) is 5.75 Å². The maximum absolute atomic E-state index is 13.4. The number of nitrogens with one attached hydrogen (secondary N) is 1. The van der Waals surface area contributed by atoms with Gasteiger partial charge in [0.1, 0.15) is 11.4 Å². The van der Waals surface area contributed by atoms with Crippen molar-refractivity contribution in [2.75, 3.05) is 63.9 Å². The fraction of sp³-hybridized carbons (Fsp3) is 0.571. The molecule has 2 bridgehead atoms. The number of hydrogen-bond donors (Lipinski definition) is 1. The molecule has 4 aliphatic heterocycles. The number of carbonyl (C=O) groups is 3. The van der Waals surface area contributed by atoms with Crippen molar-refractivity contribution >= 4 is 23.6 Å². The maximum atomic E-state index is 13.4. The Hall–Kier alpha value is -3.63. The molecule has 3 amide bonds. The third-order valence-corrected chi connectivity index (χ3v) is 9.66. The summed E-state index contributed by atoms with van der Waals surface area (Å²) in [6.45, 7) is 11.3. The lowest BCUT2D eigenvalue weighted by molar-refractivity contribution is -0.121. The van der Waals surface area contributed by atoms with Crippen LogP contribution in [0.25, 0.3) is 0 Å². The van der Waals surface area contributed by atoms with Gasteiger partial charge in [0.05, 0.1) is 5.69 Å². The van der Waals surface area contributed by atoms with Gasteiger partial charge in [-0.05, 0) is 76.1 Å². The number of amides is 3. The summed E-state index contributed by atoms with van der Waals surface area (Å²) in [4.78, 5) is 47.0. The largest absolute Gasteiger partial charge is 0.482 e. The topological polar surface area (TPSA) is 94.7 Å². The number of piperidine rings is 1. The van der Waals surface area contributed by atoms with Crippen LogP contribution in [0.4, 0.5) is 10.5 Å². The molecular weight excluding hydrogens is 570 g/mol. The molecule has 3 saturated heterocycles. The van der Waals surface area contributed by atoms with Gasteiger partial charge in [-0.15, -0.1) is 0 Å². The number of hydrogen-bond acceptors (Lipinski definition) is 7. The molecule has 45 heavy (non-hydrogen) atoms. The van der Waals surface area contributed by atoms with Crippen LogP contribution in [-0.4, -0.2) is 109 Å². The van der Waals surface area contributed by atoms with Gasteiger partial charge in [-0.1, -0.05) is 30.3 Å².